The minimum atomic E-state index is -0.648. The number of benzene rings is 1. The van der Waals surface area contributed by atoms with E-state index >= 15 is 0 Å². The Morgan fingerprint density at radius 2 is 2.00 bits per heavy atom. The molecule has 0 bridgehead atoms. The van der Waals surface area contributed by atoms with E-state index in [1.165, 1.54) is 0 Å². The smallest absolute Gasteiger partial charge is 0.247 e. The second-order valence-corrected chi connectivity index (χ2v) is 9.59. The van der Waals surface area contributed by atoms with Crippen LogP contribution in [0.4, 0.5) is 11.8 Å². The molecule has 1 aromatic carbocycles. The molecule has 2 atom stereocenters. The van der Waals surface area contributed by atoms with Crippen LogP contribution in [0.1, 0.15) is 20.8 Å². The Kier molecular flexibility index (Phi) is 8.13. The number of nitrogens with two attached hydrogens (primary N) is 1. The first-order valence-corrected chi connectivity index (χ1v) is 11.2. The molecule has 3 rings (SSSR count). The van der Waals surface area contributed by atoms with Gasteiger partial charge in [-0.25, -0.2) is 0 Å². The second kappa shape index (κ2) is 10.5. The molecule has 1 aromatic heterocycles. The Bertz CT molecular complexity index is 927. The molecule has 0 radical (unpaired) electrons. The number of hydrogen-bond acceptors (Lipinski definition) is 9. The molecule has 9 nitrogen and oxygen atoms in total. The number of aliphatic hydroxyl groups excluding tert-OH is 2. The summed E-state index contributed by atoms with van der Waals surface area (Å²) < 4.78 is 5.66. The molecule has 2 aromatic rings. The maximum Gasteiger partial charge on any atom is 0.247 e. The SMILES string of the molecule is CC(C)(C)OCC(O)CN1CCN(c2nnc(-c3cccc(Cl)c3Cl)c(N)n2)CC1CO. The average molecular weight is 485 g/mol. The van der Waals surface area contributed by atoms with Gasteiger partial charge >= 0.3 is 0 Å². The Balaban J connectivity index is 1.67. The molecule has 176 valence electrons. The molecule has 1 saturated heterocycles. The number of hydrogen-bond donors (Lipinski definition) is 3. The number of rotatable bonds is 7. The average Bonchev–Trinajstić information content (AvgIpc) is 2.74. The number of anilines is 2. The Hall–Kier alpha value is -1.75. The molecule has 11 heteroatoms. The van der Waals surface area contributed by atoms with Crippen LogP contribution in [0.25, 0.3) is 11.3 Å². The molecule has 4 N–H and O–H groups in total. The largest absolute Gasteiger partial charge is 0.395 e. The molecule has 0 amide bonds. The van der Waals surface area contributed by atoms with Gasteiger partial charge in [0.2, 0.25) is 5.95 Å². The number of aliphatic hydroxyl groups is 2. The van der Waals surface area contributed by atoms with Crippen molar-refractivity contribution in [3.63, 3.8) is 0 Å². The van der Waals surface area contributed by atoms with E-state index in [2.05, 4.69) is 15.2 Å². The van der Waals surface area contributed by atoms with Gasteiger partial charge in [0.15, 0.2) is 5.82 Å². The molecule has 0 spiro atoms. The van der Waals surface area contributed by atoms with Gasteiger partial charge in [-0.1, -0.05) is 35.3 Å². The van der Waals surface area contributed by atoms with Gasteiger partial charge < -0.3 is 25.6 Å². The van der Waals surface area contributed by atoms with Crippen LogP contribution in [0.15, 0.2) is 18.2 Å². The summed E-state index contributed by atoms with van der Waals surface area (Å²) >= 11 is 12.4. The zero-order valence-corrected chi connectivity index (χ0v) is 20.0. The number of piperazine rings is 1. The molecule has 2 heterocycles. The fourth-order valence-electron chi connectivity index (χ4n) is 3.50. The fraction of sp³-hybridized carbons (Fsp3) is 0.571. The van der Waals surface area contributed by atoms with Crippen LogP contribution in [0.2, 0.25) is 10.0 Å². The van der Waals surface area contributed by atoms with Gasteiger partial charge in [0.1, 0.15) is 5.69 Å². The summed E-state index contributed by atoms with van der Waals surface area (Å²) in [6.45, 7) is 8.09. The molecule has 32 heavy (non-hydrogen) atoms. The molecule has 2 unspecified atom stereocenters. The summed E-state index contributed by atoms with van der Waals surface area (Å²) in [6.07, 6.45) is -0.648. The van der Waals surface area contributed by atoms with Gasteiger partial charge in [-0.15, -0.1) is 10.2 Å². The van der Waals surface area contributed by atoms with Gasteiger partial charge in [-0.2, -0.15) is 4.98 Å². The fourth-order valence-corrected chi connectivity index (χ4v) is 3.89. The molecule has 0 aliphatic carbocycles. The number of ether oxygens (including phenoxy) is 1. The third-order valence-corrected chi connectivity index (χ3v) is 5.98. The predicted octanol–water partition coefficient (Wildman–Crippen LogP) is 2.09. The third-order valence-electron chi connectivity index (χ3n) is 5.16. The summed E-state index contributed by atoms with van der Waals surface area (Å²) in [5.74, 6) is 0.566. The third kappa shape index (κ3) is 6.18. The monoisotopic (exact) mass is 484 g/mol. The maximum absolute atomic E-state index is 10.3. The van der Waals surface area contributed by atoms with Crippen LogP contribution >= 0.6 is 23.2 Å². The summed E-state index contributed by atoms with van der Waals surface area (Å²) in [5, 5.41) is 29.5. The Morgan fingerprint density at radius 1 is 1.25 bits per heavy atom. The molecule has 0 saturated carbocycles. The van der Waals surface area contributed by atoms with E-state index in [-0.39, 0.29) is 30.7 Å². The van der Waals surface area contributed by atoms with Crippen molar-refractivity contribution in [2.75, 3.05) is 50.0 Å². The highest BCUT2D eigenvalue weighted by molar-refractivity contribution is 6.43. The van der Waals surface area contributed by atoms with Gasteiger partial charge in [-0.05, 0) is 26.8 Å². The predicted molar refractivity (Wildman–Crippen MR) is 126 cm³/mol. The van der Waals surface area contributed by atoms with E-state index in [1.54, 1.807) is 18.2 Å². The van der Waals surface area contributed by atoms with Crippen molar-refractivity contribution in [3.8, 4) is 11.3 Å². The lowest BCUT2D eigenvalue weighted by atomic mass is 10.1. The lowest BCUT2D eigenvalue weighted by molar-refractivity contribution is -0.0612. The highest BCUT2D eigenvalue weighted by atomic mass is 35.5. The maximum atomic E-state index is 10.3. The molecular formula is C21H30Cl2N6O3. The molecular weight excluding hydrogens is 455 g/mol. The summed E-state index contributed by atoms with van der Waals surface area (Å²) in [4.78, 5) is 8.38. The standard InChI is InChI=1S/C21H30Cl2N6O3/c1-21(2,3)32-12-14(31)10-28-7-8-29(9-13(28)11-30)20-25-19(24)18(26-27-20)15-5-4-6-16(22)17(15)23/h4-6,13-14,30-31H,7-12H2,1-3H3,(H2,24,25,27). The Morgan fingerprint density at radius 3 is 2.66 bits per heavy atom. The highest BCUT2D eigenvalue weighted by Gasteiger charge is 2.30. The van der Waals surface area contributed by atoms with Crippen molar-refractivity contribution in [2.45, 2.75) is 38.5 Å². The zero-order valence-electron chi connectivity index (χ0n) is 18.5. The van der Waals surface area contributed by atoms with Crippen LogP contribution < -0.4 is 10.6 Å². The number of aromatic nitrogens is 3. The van der Waals surface area contributed by atoms with Gasteiger partial charge in [0, 0.05) is 31.7 Å². The van der Waals surface area contributed by atoms with Crippen molar-refractivity contribution >= 4 is 35.0 Å². The number of halogens is 2. The topological polar surface area (TPSA) is 121 Å². The van der Waals surface area contributed by atoms with Crippen molar-refractivity contribution in [3.05, 3.63) is 28.2 Å². The van der Waals surface area contributed by atoms with E-state index in [0.717, 1.165) is 0 Å². The van der Waals surface area contributed by atoms with Crippen molar-refractivity contribution < 1.29 is 14.9 Å². The van der Waals surface area contributed by atoms with Crippen molar-refractivity contribution in [1.82, 2.24) is 20.1 Å². The van der Waals surface area contributed by atoms with Crippen molar-refractivity contribution in [1.29, 1.82) is 0 Å². The van der Waals surface area contributed by atoms with Crippen LogP contribution in [0.5, 0.6) is 0 Å². The first kappa shape index (κ1) is 24.9. The number of nitrogens with zero attached hydrogens (tertiary/aromatic N) is 5. The first-order valence-electron chi connectivity index (χ1n) is 10.5. The highest BCUT2D eigenvalue weighted by Crippen LogP contribution is 2.34. The summed E-state index contributed by atoms with van der Waals surface area (Å²) in [7, 11) is 0. The van der Waals surface area contributed by atoms with Gasteiger partial charge in [0.25, 0.3) is 0 Å². The van der Waals surface area contributed by atoms with Gasteiger partial charge in [0.05, 0.1) is 41.0 Å². The van der Waals surface area contributed by atoms with Crippen molar-refractivity contribution in [2.24, 2.45) is 0 Å². The van der Waals surface area contributed by atoms with E-state index in [4.69, 9.17) is 33.7 Å². The van der Waals surface area contributed by atoms with E-state index in [0.29, 0.717) is 53.4 Å². The molecule has 1 aliphatic heterocycles. The van der Waals surface area contributed by atoms with E-state index in [1.807, 2.05) is 30.6 Å². The molecule has 1 fully saturated rings. The number of β-amino-alcohol motifs (C(OH)–C–C–N with tert-alkyl or cyclic N) is 1. The quantitative estimate of drug-likeness (QED) is 0.541. The second-order valence-electron chi connectivity index (χ2n) is 8.80. The zero-order chi connectivity index (χ0) is 23.5. The lowest BCUT2D eigenvalue weighted by Gasteiger charge is -2.41. The van der Waals surface area contributed by atoms with Gasteiger partial charge in [-0.3, -0.25) is 4.90 Å². The summed E-state index contributed by atoms with van der Waals surface area (Å²) in [6, 6.07) is 5.00. The van der Waals surface area contributed by atoms with Crippen LogP contribution in [0, 0.1) is 0 Å². The van der Waals surface area contributed by atoms with E-state index in [9.17, 15) is 10.2 Å². The summed E-state index contributed by atoms with van der Waals surface area (Å²) in [5.41, 5.74) is 6.77. The minimum Gasteiger partial charge on any atom is -0.395 e. The van der Waals surface area contributed by atoms with Crippen LogP contribution in [-0.4, -0.2) is 87.4 Å². The van der Waals surface area contributed by atoms with E-state index < -0.39 is 6.10 Å². The number of nitrogen functional groups attached to an aromatic ring is 1. The molecule has 1 aliphatic rings. The lowest BCUT2D eigenvalue weighted by Crippen LogP contribution is -2.57. The van der Waals surface area contributed by atoms with Crippen LogP contribution in [0.3, 0.4) is 0 Å². The minimum absolute atomic E-state index is 0.0670. The Labute approximate surface area is 198 Å². The first-order chi connectivity index (χ1) is 15.1. The van der Waals surface area contributed by atoms with Crippen LogP contribution in [-0.2, 0) is 4.74 Å². The normalized spacial score (nSPS) is 18.7.